The Balaban J connectivity index is 1.78. The molecule has 3 rings (SSSR count). The molecular weight excluding hydrogens is 286 g/mol. The second-order valence-corrected chi connectivity index (χ2v) is 6.42. The van der Waals surface area contributed by atoms with E-state index in [0.717, 1.165) is 16.8 Å². The number of nitrogens with one attached hydrogen (secondary N) is 2. The first kappa shape index (κ1) is 13.8. The van der Waals surface area contributed by atoms with E-state index < -0.39 is 5.41 Å². The zero-order valence-corrected chi connectivity index (χ0v) is 12.6. The van der Waals surface area contributed by atoms with Gasteiger partial charge in [-0.15, -0.1) is 11.3 Å². The van der Waals surface area contributed by atoms with Gasteiger partial charge in [-0.25, -0.2) is 4.98 Å². The van der Waals surface area contributed by atoms with Gasteiger partial charge >= 0.3 is 0 Å². The van der Waals surface area contributed by atoms with Gasteiger partial charge in [-0.2, -0.15) is 0 Å². The van der Waals surface area contributed by atoms with Crippen molar-refractivity contribution >= 4 is 34.0 Å². The molecule has 0 aliphatic carbocycles. The van der Waals surface area contributed by atoms with Gasteiger partial charge in [0.25, 0.3) is 0 Å². The molecule has 1 aromatic carbocycles. The molecule has 0 atom stereocenters. The number of fused-ring (bicyclic) bond motifs is 1. The summed E-state index contributed by atoms with van der Waals surface area (Å²) in [5.41, 5.74) is 2.09. The highest BCUT2D eigenvalue weighted by atomic mass is 32.1. The summed E-state index contributed by atoms with van der Waals surface area (Å²) >= 11 is 1.38. The molecule has 6 heteroatoms. The second-order valence-electron chi connectivity index (χ2n) is 5.52. The molecule has 0 saturated carbocycles. The van der Waals surface area contributed by atoms with E-state index in [-0.39, 0.29) is 18.2 Å². The number of thiazole rings is 1. The fourth-order valence-electron chi connectivity index (χ4n) is 2.36. The van der Waals surface area contributed by atoms with Gasteiger partial charge in [-0.1, -0.05) is 12.1 Å². The van der Waals surface area contributed by atoms with Crippen LogP contribution in [0.15, 0.2) is 29.8 Å². The number of amides is 2. The Morgan fingerprint density at radius 1 is 1.43 bits per heavy atom. The summed E-state index contributed by atoms with van der Waals surface area (Å²) in [6.45, 7) is 3.77. The average molecular weight is 301 g/mol. The first-order valence-corrected chi connectivity index (χ1v) is 7.49. The summed E-state index contributed by atoms with van der Waals surface area (Å²) in [4.78, 5) is 27.9. The third kappa shape index (κ3) is 2.54. The molecule has 2 heterocycles. The summed E-state index contributed by atoms with van der Waals surface area (Å²) in [7, 11) is 0. The van der Waals surface area contributed by atoms with Crippen molar-refractivity contribution in [1.29, 1.82) is 0 Å². The Morgan fingerprint density at radius 2 is 2.24 bits per heavy atom. The predicted octanol–water partition coefficient (Wildman–Crippen LogP) is 2.55. The van der Waals surface area contributed by atoms with E-state index in [1.165, 1.54) is 11.3 Å². The van der Waals surface area contributed by atoms with E-state index in [0.29, 0.717) is 5.13 Å². The van der Waals surface area contributed by atoms with Gasteiger partial charge in [0.2, 0.25) is 11.8 Å². The van der Waals surface area contributed by atoms with Crippen LogP contribution in [0.1, 0.15) is 25.0 Å². The lowest BCUT2D eigenvalue weighted by Gasteiger charge is -2.15. The highest BCUT2D eigenvalue weighted by Gasteiger charge is 2.38. The number of aromatic nitrogens is 1. The van der Waals surface area contributed by atoms with Crippen LogP contribution < -0.4 is 10.6 Å². The van der Waals surface area contributed by atoms with Crippen molar-refractivity contribution < 1.29 is 9.59 Å². The minimum atomic E-state index is -0.558. The number of hydrogen-bond donors (Lipinski definition) is 2. The molecule has 21 heavy (non-hydrogen) atoms. The Kier molecular flexibility index (Phi) is 3.25. The van der Waals surface area contributed by atoms with Crippen LogP contribution in [0.4, 0.5) is 10.8 Å². The van der Waals surface area contributed by atoms with Crippen molar-refractivity contribution in [3.8, 4) is 0 Å². The van der Waals surface area contributed by atoms with Gasteiger partial charge < -0.3 is 10.6 Å². The molecule has 0 spiro atoms. The Labute approximate surface area is 126 Å². The molecular formula is C15H15N3O2S. The molecule has 2 aromatic rings. The van der Waals surface area contributed by atoms with Gasteiger partial charge in [0.15, 0.2) is 5.13 Å². The summed E-state index contributed by atoms with van der Waals surface area (Å²) in [5, 5.41) is 8.02. The van der Waals surface area contributed by atoms with Gasteiger partial charge in [-0.3, -0.25) is 9.59 Å². The molecule has 1 aliphatic rings. The molecule has 0 radical (unpaired) electrons. The van der Waals surface area contributed by atoms with E-state index in [1.807, 2.05) is 37.4 Å². The van der Waals surface area contributed by atoms with Crippen LogP contribution in [0, 0.1) is 0 Å². The summed E-state index contributed by atoms with van der Waals surface area (Å²) < 4.78 is 0. The number of hydrogen-bond acceptors (Lipinski definition) is 4. The molecule has 0 bridgehead atoms. The molecule has 108 valence electrons. The number of anilines is 2. The Hall–Kier alpha value is -2.21. The molecule has 0 unspecified atom stereocenters. The topological polar surface area (TPSA) is 71.1 Å². The molecule has 1 aliphatic heterocycles. The summed E-state index contributed by atoms with van der Waals surface area (Å²) in [6, 6.07) is 5.64. The van der Waals surface area contributed by atoms with Gasteiger partial charge in [0.1, 0.15) is 0 Å². The fraction of sp³-hybridized carbons (Fsp3) is 0.267. The Bertz CT molecular complexity index is 708. The normalized spacial score (nSPS) is 15.4. The summed E-state index contributed by atoms with van der Waals surface area (Å²) in [5.74, 6) is -0.123. The number of carbonyl (C=O) groups excluding carboxylic acids is 2. The SMILES string of the molecule is CC1(C)C(=O)Nc2ccc(CC(=O)Nc3nccs3)cc21. The van der Waals surface area contributed by atoms with Crippen LogP contribution in [-0.4, -0.2) is 16.8 Å². The van der Waals surface area contributed by atoms with Crippen LogP contribution in [0.3, 0.4) is 0 Å². The highest BCUT2D eigenvalue weighted by Crippen LogP contribution is 2.37. The van der Waals surface area contributed by atoms with Crippen LogP contribution in [0.25, 0.3) is 0 Å². The minimum Gasteiger partial charge on any atom is -0.325 e. The Morgan fingerprint density at radius 3 is 2.95 bits per heavy atom. The maximum Gasteiger partial charge on any atom is 0.234 e. The van der Waals surface area contributed by atoms with E-state index >= 15 is 0 Å². The van der Waals surface area contributed by atoms with Crippen molar-refractivity contribution in [2.75, 3.05) is 10.6 Å². The van der Waals surface area contributed by atoms with Crippen LogP contribution in [-0.2, 0) is 21.4 Å². The van der Waals surface area contributed by atoms with Crippen molar-refractivity contribution in [2.45, 2.75) is 25.7 Å². The van der Waals surface area contributed by atoms with Gasteiger partial charge in [-0.05, 0) is 31.0 Å². The molecule has 2 N–H and O–H groups in total. The largest absolute Gasteiger partial charge is 0.325 e. The van der Waals surface area contributed by atoms with E-state index in [9.17, 15) is 9.59 Å². The van der Waals surface area contributed by atoms with Crippen LogP contribution in [0.2, 0.25) is 0 Å². The van der Waals surface area contributed by atoms with Crippen molar-refractivity contribution in [3.63, 3.8) is 0 Å². The lowest BCUT2D eigenvalue weighted by atomic mass is 9.85. The maximum atomic E-state index is 12.0. The van der Waals surface area contributed by atoms with E-state index in [4.69, 9.17) is 0 Å². The standard InChI is InChI=1S/C15H15N3O2S/c1-15(2)10-7-9(3-4-11(10)17-13(15)20)8-12(19)18-14-16-5-6-21-14/h3-7H,8H2,1-2H3,(H,17,20)(H,16,18,19). The third-order valence-corrected chi connectivity index (χ3v) is 4.31. The smallest absolute Gasteiger partial charge is 0.234 e. The van der Waals surface area contributed by atoms with Crippen LogP contribution >= 0.6 is 11.3 Å². The number of rotatable bonds is 3. The molecule has 1 aromatic heterocycles. The first-order valence-electron chi connectivity index (χ1n) is 6.61. The average Bonchev–Trinajstić information content (AvgIpc) is 2.99. The summed E-state index contributed by atoms with van der Waals surface area (Å²) in [6.07, 6.45) is 1.91. The molecule has 2 amide bonds. The fourth-order valence-corrected chi connectivity index (χ4v) is 2.91. The predicted molar refractivity (Wildman–Crippen MR) is 82.5 cm³/mol. The third-order valence-electron chi connectivity index (χ3n) is 3.62. The second kappa shape index (κ2) is 4.96. The number of carbonyl (C=O) groups is 2. The van der Waals surface area contributed by atoms with E-state index in [2.05, 4.69) is 15.6 Å². The quantitative estimate of drug-likeness (QED) is 0.915. The molecule has 5 nitrogen and oxygen atoms in total. The van der Waals surface area contributed by atoms with Crippen molar-refractivity contribution in [2.24, 2.45) is 0 Å². The molecule has 0 saturated heterocycles. The number of benzene rings is 1. The van der Waals surface area contributed by atoms with Crippen molar-refractivity contribution in [3.05, 3.63) is 40.9 Å². The molecule has 0 fully saturated rings. The minimum absolute atomic E-state index is 0.0121. The maximum absolute atomic E-state index is 12.0. The zero-order valence-electron chi connectivity index (χ0n) is 11.8. The first-order chi connectivity index (χ1) is 9.96. The van der Waals surface area contributed by atoms with E-state index in [1.54, 1.807) is 6.20 Å². The van der Waals surface area contributed by atoms with Crippen LogP contribution in [0.5, 0.6) is 0 Å². The monoisotopic (exact) mass is 301 g/mol. The lowest BCUT2D eigenvalue weighted by Crippen LogP contribution is -2.27. The lowest BCUT2D eigenvalue weighted by molar-refractivity contribution is -0.119. The highest BCUT2D eigenvalue weighted by molar-refractivity contribution is 7.13. The van der Waals surface area contributed by atoms with Gasteiger partial charge in [0.05, 0.1) is 11.8 Å². The zero-order chi connectivity index (χ0) is 15.0. The van der Waals surface area contributed by atoms with Crippen molar-refractivity contribution in [1.82, 2.24) is 4.98 Å². The van der Waals surface area contributed by atoms with Gasteiger partial charge in [0, 0.05) is 17.3 Å². The number of nitrogens with zero attached hydrogens (tertiary/aromatic N) is 1.